The van der Waals surface area contributed by atoms with Crippen LogP contribution in [0.4, 0.5) is 22.7 Å². The SMILES string of the molecule is COC(=O)Cc1ccc2c(c1)NC(=O)c1ccc(-c3ccc([N+](=O)[O-])c4cnccc34)cc1N2. The van der Waals surface area contributed by atoms with Gasteiger partial charge >= 0.3 is 5.97 Å². The lowest BCUT2D eigenvalue weighted by atomic mass is 9.96. The van der Waals surface area contributed by atoms with Crippen LogP contribution in [0.25, 0.3) is 21.9 Å². The number of fused-ring (bicyclic) bond motifs is 3. The van der Waals surface area contributed by atoms with Gasteiger partial charge in [0.05, 0.1) is 46.5 Å². The minimum absolute atomic E-state index is 0.0178. The average molecular weight is 454 g/mol. The van der Waals surface area contributed by atoms with E-state index >= 15 is 0 Å². The molecule has 0 saturated carbocycles. The highest BCUT2D eigenvalue weighted by molar-refractivity contribution is 6.13. The van der Waals surface area contributed by atoms with Crippen molar-refractivity contribution in [1.29, 1.82) is 0 Å². The largest absolute Gasteiger partial charge is 0.469 e. The molecule has 4 aromatic rings. The van der Waals surface area contributed by atoms with E-state index in [1.165, 1.54) is 19.4 Å². The number of anilines is 3. The standard InChI is InChI=1S/C25H18N4O5/c1-34-24(30)11-14-2-6-20-22(10-14)28-25(31)18-4-3-15(12-21(18)27-20)16-5-7-23(29(32)33)19-13-26-9-8-17(16)19/h2-10,12-13,27H,11H2,1H3,(H,28,31). The third kappa shape index (κ3) is 3.69. The molecule has 0 fully saturated rings. The van der Waals surface area contributed by atoms with Gasteiger partial charge in [0.2, 0.25) is 0 Å². The molecule has 1 aliphatic rings. The number of hydrogen-bond acceptors (Lipinski definition) is 7. The number of esters is 1. The van der Waals surface area contributed by atoms with Gasteiger partial charge < -0.3 is 15.4 Å². The molecule has 0 spiro atoms. The number of ether oxygens (including phenoxy) is 1. The first-order valence-corrected chi connectivity index (χ1v) is 10.4. The number of methoxy groups -OCH3 is 1. The van der Waals surface area contributed by atoms with Crippen molar-refractivity contribution in [3.63, 3.8) is 0 Å². The molecule has 0 unspecified atom stereocenters. The summed E-state index contributed by atoms with van der Waals surface area (Å²) in [5.74, 6) is -0.660. The topological polar surface area (TPSA) is 123 Å². The quantitative estimate of drug-likeness (QED) is 0.257. The second-order valence-corrected chi connectivity index (χ2v) is 7.78. The first-order chi connectivity index (χ1) is 16.4. The molecule has 0 bridgehead atoms. The van der Waals surface area contributed by atoms with Crippen LogP contribution in [0, 0.1) is 10.1 Å². The summed E-state index contributed by atoms with van der Waals surface area (Å²) in [6, 6.07) is 15.6. The highest BCUT2D eigenvalue weighted by Crippen LogP contribution is 2.38. The van der Waals surface area contributed by atoms with Gasteiger partial charge in [-0.2, -0.15) is 0 Å². The Morgan fingerprint density at radius 2 is 1.79 bits per heavy atom. The number of pyridine rings is 1. The number of nitro groups is 1. The number of hydrogen-bond donors (Lipinski definition) is 2. The molecule has 2 heterocycles. The summed E-state index contributed by atoms with van der Waals surface area (Å²) in [4.78, 5) is 39.6. The van der Waals surface area contributed by atoms with E-state index < -0.39 is 4.92 Å². The number of nitro benzene ring substituents is 1. The van der Waals surface area contributed by atoms with Crippen LogP contribution in [-0.2, 0) is 16.0 Å². The maximum Gasteiger partial charge on any atom is 0.309 e. The van der Waals surface area contributed by atoms with Gasteiger partial charge in [0.1, 0.15) is 0 Å². The van der Waals surface area contributed by atoms with Crippen molar-refractivity contribution in [2.75, 3.05) is 17.7 Å². The first kappa shape index (κ1) is 21.1. The summed E-state index contributed by atoms with van der Waals surface area (Å²) in [5.41, 5.74) is 4.53. The van der Waals surface area contributed by atoms with Crippen molar-refractivity contribution in [3.05, 3.63) is 88.2 Å². The molecule has 0 atom stereocenters. The number of benzene rings is 3. The molecule has 0 aliphatic carbocycles. The Hall–Kier alpha value is -4.79. The fourth-order valence-electron chi connectivity index (χ4n) is 4.09. The van der Waals surface area contributed by atoms with E-state index in [1.54, 1.807) is 48.7 Å². The van der Waals surface area contributed by atoms with Crippen LogP contribution in [0.5, 0.6) is 0 Å². The maximum atomic E-state index is 12.9. The summed E-state index contributed by atoms with van der Waals surface area (Å²) in [7, 11) is 1.33. The van der Waals surface area contributed by atoms with Crippen LogP contribution in [0.2, 0.25) is 0 Å². The lowest BCUT2D eigenvalue weighted by Gasteiger charge is -2.12. The van der Waals surface area contributed by atoms with Crippen LogP contribution < -0.4 is 10.6 Å². The summed E-state index contributed by atoms with van der Waals surface area (Å²) >= 11 is 0. The Labute approximate surface area is 193 Å². The van der Waals surface area contributed by atoms with Crippen molar-refractivity contribution < 1.29 is 19.2 Å². The Kier molecular flexibility index (Phi) is 5.14. The van der Waals surface area contributed by atoms with Gasteiger partial charge in [-0.15, -0.1) is 0 Å². The molecule has 9 nitrogen and oxygen atoms in total. The Balaban J connectivity index is 1.57. The molecular weight excluding hydrogens is 436 g/mol. The van der Waals surface area contributed by atoms with E-state index in [1.807, 2.05) is 6.07 Å². The fraction of sp³-hybridized carbons (Fsp3) is 0.0800. The number of carbonyl (C=O) groups excluding carboxylic acids is 2. The van der Waals surface area contributed by atoms with Crippen molar-refractivity contribution in [3.8, 4) is 11.1 Å². The zero-order chi connectivity index (χ0) is 23.8. The van der Waals surface area contributed by atoms with Crippen molar-refractivity contribution in [2.24, 2.45) is 0 Å². The lowest BCUT2D eigenvalue weighted by Crippen LogP contribution is -2.11. The summed E-state index contributed by atoms with van der Waals surface area (Å²) in [6.45, 7) is 0. The Morgan fingerprint density at radius 1 is 0.971 bits per heavy atom. The van der Waals surface area contributed by atoms with E-state index in [4.69, 9.17) is 4.74 Å². The van der Waals surface area contributed by atoms with Gasteiger partial charge in [0, 0.05) is 18.5 Å². The normalized spacial score (nSPS) is 12.1. The van der Waals surface area contributed by atoms with Crippen molar-refractivity contribution in [1.82, 2.24) is 4.98 Å². The predicted molar refractivity (Wildman–Crippen MR) is 127 cm³/mol. The minimum Gasteiger partial charge on any atom is -0.469 e. The molecular formula is C25H18N4O5. The van der Waals surface area contributed by atoms with Crippen molar-refractivity contribution >= 4 is 45.4 Å². The molecule has 0 saturated heterocycles. The molecule has 5 rings (SSSR count). The number of carbonyl (C=O) groups is 2. The summed E-state index contributed by atoms with van der Waals surface area (Å²) < 4.78 is 4.72. The molecule has 0 radical (unpaired) electrons. The summed E-state index contributed by atoms with van der Waals surface area (Å²) in [6.07, 6.45) is 3.17. The third-order valence-corrected chi connectivity index (χ3v) is 5.74. The van der Waals surface area contributed by atoms with Crippen LogP contribution in [0.15, 0.2) is 67.0 Å². The fourth-order valence-corrected chi connectivity index (χ4v) is 4.09. The van der Waals surface area contributed by atoms with E-state index in [2.05, 4.69) is 15.6 Å². The molecule has 9 heteroatoms. The van der Waals surface area contributed by atoms with Gasteiger partial charge in [-0.05, 0) is 58.5 Å². The summed E-state index contributed by atoms with van der Waals surface area (Å²) in [5, 5.41) is 18.8. The van der Waals surface area contributed by atoms with Crippen LogP contribution in [-0.4, -0.2) is 28.9 Å². The van der Waals surface area contributed by atoms with Gasteiger partial charge in [0.15, 0.2) is 0 Å². The smallest absolute Gasteiger partial charge is 0.309 e. The predicted octanol–water partition coefficient (Wildman–Crippen LogP) is 4.83. The molecule has 34 heavy (non-hydrogen) atoms. The van der Waals surface area contributed by atoms with Crippen LogP contribution in [0.3, 0.4) is 0 Å². The maximum absolute atomic E-state index is 12.9. The highest BCUT2D eigenvalue weighted by Gasteiger charge is 2.21. The number of rotatable bonds is 4. The number of non-ortho nitro benzene ring substituents is 1. The third-order valence-electron chi connectivity index (χ3n) is 5.74. The second-order valence-electron chi connectivity index (χ2n) is 7.78. The molecule has 2 N–H and O–H groups in total. The van der Waals surface area contributed by atoms with E-state index in [-0.39, 0.29) is 24.0 Å². The highest BCUT2D eigenvalue weighted by atomic mass is 16.6. The minimum atomic E-state index is -0.428. The molecule has 168 valence electrons. The van der Waals surface area contributed by atoms with Gasteiger partial charge in [-0.1, -0.05) is 12.1 Å². The van der Waals surface area contributed by atoms with Gasteiger partial charge in [-0.3, -0.25) is 24.7 Å². The zero-order valence-electron chi connectivity index (χ0n) is 18.0. The lowest BCUT2D eigenvalue weighted by molar-refractivity contribution is -0.383. The molecule has 3 aromatic carbocycles. The van der Waals surface area contributed by atoms with Gasteiger partial charge in [0.25, 0.3) is 11.6 Å². The van der Waals surface area contributed by atoms with Gasteiger partial charge in [-0.25, -0.2) is 0 Å². The van der Waals surface area contributed by atoms with Crippen LogP contribution >= 0.6 is 0 Å². The number of nitrogens with one attached hydrogen (secondary N) is 2. The molecule has 1 aliphatic heterocycles. The molecule has 1 aromatic heterocycles. The van der Waals surface area contributed by atoms with Crippen molar-refractivity contribution in [2.45, 2.75) is 6.42 Å². The molecule has 1 amide bonds. The zero-order valence-corrected chi connectivity index (χ0v) is 18.0. The van der Waals surface area contributed by atoms with E-state index in [0.717, 1.165) is 11.1 Å². The van der Waals surface area contributed by atoms with Crippen LogP contribution in [0.1, 0.15) is 15.9 Å². The monoisotopic (exact) mass is 454 g/mol. The van der Waals surface area contributed by atoms with E-state index in [9.17, 15) is 19.7 Å². The number of amides is 1. The van der Waals surface area contributed by atoms with E-state index in [0.29, 0.717) is 39.0 Å². The number of nitrogens with zero attached hydrogens (tertiary/aromatic N) is 2. The second kappa shape index (κ2) is 8.28. The number of aromatic nitrogens is 1. The first-order valence-electron chi connectivity index (χ1n) is 10.4. The Morgan fingerprint density at radius 3 is 2.59 bits per heavy atom. The average Bonchev–Trinajstić information content (AvgIpc) is 2.98. The Bertz CT molecular complexity index is 1500.